The predicted octanol–water partition coefficient (Wildman–Crippen LogP) is 3.37. The van der Waals surface area contributed by atoms with E-state index in [1.165, 1.54) is 22.2 Å². The van der Waals surface area contributed by atoms with Crippen molar-refractivity contribution in [3.63, 3.8) is 0 Å². The van der Waals surface area contributed by atoms with Crippen LogP contribution in [0.3, 0.4) is 0 Å². The second-order valence-electron chi connectivity index (χ2n) is 7.61. The van der Waals surface area contributed by atoms with Gasteiger partial charge in [-0.1, -0.05) is 0 Å². The number of hydrogen-bond donors (Lipinski definition) is 3. The third-order valence-corrected chi connectivity index (χ3v) is 6.75. The van der Waals surface area contributed by atoms with E-state index in [1.54, 1.807) is 22.2 Å². The summed E-state index contributed by atoms with van der Waals surface area (Å²) in [6.45, 7) is 0. The van der Waals surface area contributed by atoms with E-state index in [0.717, 1.165) is 54.9 Å². The number of nitrogens with one attached hydrogen (secondary N) is 2. The van der Waals surface area contributed by atoms with Crippen LogP contribution in [0.15, 0.2) is 12.4 Å². The average molecular weight is 385 g/mol. The molecule has 27 heavy (non-hydrogen) atoms. The zero-order valence-corrected chi connectivity index (χ0v) is 16.2. The van der Waals surface area contributed by atoms with Crippen molar-refractivity contribution >= 4 is 39.0 Å². The summed E-state index contributed by atoms with van der Waals surface area (Å²) in [7, 11) is 1.89. The minimum absolute atomic E-state index is 0.151. The van der Waals surface area contributed by atoms with E-state index in [0.29, 0.717) is 12.0 Å². The van der Waals surface area contributed by atoms with Gasteiger partial charge in [-0.05, 0) is 50.5 Å². The van der Waals surface area contributed by atoms with Gasteiger partial charge in [-0.2, -0.15) is 10.1 Å². The number of aliphatic hydroxyl groups excluding tert-OH is 1. The van der Waals surface area contributed by atoms with Crippen LogP contribution < -0.4 is 10.6 Å². The van der Waals surface area contributed by atoms with Crippen molar-refractivity contribution < 1.29 is 5.11 Å². The largest absolute Gasteiger partial charge is 0.393 e. The van der Waals surface area contributed by atoms with Crippen molar-refractivity contribution in [1.82, 2.24) is 19.7 Å². The third kappa shape index (κ3) is 3.27. The molecule has 0 atom stereocenters. The molecule has 3 aromatic heterocycles. The van der Waals surface area contributed by atoms with Gasteiger partial charge in [0.1, 0.15) is 10.6 Å². The third-order valence-electron chi connectivity index (χ3n) is 5.56. The summed E-state index contributed by atoms with van der Waals surface area (Å²) < 4.78 is 1.76. The molecule has 0 bridgehead atoms. The Morgan fingerprint density at radius 2 is 2.04 bits per heavy atom. The van der Waals surface area contributed by atoms with Gasteiger partial charge in [0.15, 0.2) is 0 Å². The number of aliphatic hydroxyl groups is 1. The van der Waals surface area contributed by atoms with E-state index < -0.39 is 0 Å². The molecule has 8 heteroatoms. The van der Waals surface area contributed by atoms with Crippen molar-refractivity contribution in [3.05, 3.63) is 22.8 Å². The molecule has 0 amide bonds. The Bertz CT molecular complexity index is 972. The van der Waals surface area contributed by atoms with E-state index in [-0.39, 0.29) is 6.10 Å². The fourth-order valence-electron chi connectivity index (χ4n) is 4.18. The topological polar surface area (TPSA) is 87.9 Å². The van der Waals surface area contributed by atoms with Gasteiger partial charge in [0.05, 0.1) is 23.4 Å². The summed E-state index contributed by atoms with van der Waals surface area (Å²) in [5.74, 6) is 1.54. The molecular weight excluding hydrogens is 360 g/mol. The van der Waals surface area contributed by atoms with E-state index in [4.69, 9.17) is 9.97 Å². The van der Waals surface area contributed by atoms with Crippen molar-refractivity contribution in [1.29, 1.82) is 0 Å². The Labute approximate surface area is 161 Å². The van der Waals surface area contributed by atoms with E-state index >= 15 is 0 Å². The predicted molar refractivity (Wildman–Crippen MR) is 108 cm³/mol. The van der Waals surface area contributed by atoms with Crippen LogP contribution in [0, 0.1) is 0 Å². The number of hydrogen-bond acceptors (Lipinski definition) is 7. The lowest BCUT2D eigenvalue weighted by Gasteiger charge is -2.27. The molecular formula is C19H24N6OS. The number of rotatable bonds is 4. The van der Waals surface area contributed by atoms with Gasteiger partial charge >= 0.3 is 0 Å². The fourth-order valence-corrected chi connectivity index (χ4v) is 5.45. The van der Waals surface area contributed by atoms with Gasteiger partial charge < -0.3 is 15.7 Å². The van der Waals surface area contributed by atoms with Crippen LogP contribution in [0.1, 0.15) is 42.5 Å². The fraction of sp³-hybridized carbons (Fsp3) is 0.526. The Balaban J connectivity index is 1.51. The molecule has 3 heterocycles. The number of anilines is 3. The van der Waals surface area contributed by atoms with Crippen LogP contribution in [0.25, 0.3) is 10.2 Å². The molecule has 1 fully saturated rings. The molecule has 0 spiro atoms. The highest BCUT2D eigenvalue weighted by atomic mass is 32.1. The highest BCUT2D eigenvalue weighted by Gasteiger charge is 2.25. The molecule has 2 aliphatic carbocycles. The molecule has 2 aliphatic rings. The second-order valence-corrected chi connectivity index (χ2v) is 8.69. The zero-order chi connectivity index (χ0) is 18.4. The van der Waals surface area contributed by atoms with E-state index in [1.807, 2.05) is 13.2 Å². The highest BCUT2D eigenvalue weighted by Crippen LogP contribution is 2.40. The molecule has 3 N–H and O–H groups in total. The number of aromatic nitrogens is 4. The maximum Gasteiger partial charge on any atom is 0.230 e. The number of fused-ring (bicyclic) bond motifs is 3. The summed E-state index contributed by atoms with van der Waals surface area (Å²) in [4.78, 5) is 12.1. The first-order valence-electron chi connectivity index (χ1n) is 9.68. The molecule has 5 rings (SSSR count). The molecule has 0 aliphatic heterocycles. The minimum Gasteiger partial charge on any atom is -0.393 e. The van der Waals surface area contributed by atoms with Crippen LogP contribution >= 0.6 is 11.3 Å². The Morgan fingerprint density at radius 1 is 1.19 bits per heavy atom. The molecule has 0 saturated heterocycles. The maximum absolute atomic E-state index is 9.80. The summed E-state index contributed by atoms with van der Waals surface area (Å²) >= 11 is 1.80. The first-order chi connectivity index (χ1) is 13.2. The second kappa shape index (κ2) is 6.76. The smallest absolute Gasteiger partial charge is 0.230 e. The standard InChI is InChI=1S/C19H24N6OS/c1-25-10-12(9-20-25)22-19-23-17(21-11-5-7-13(26)8-6-11)16-14-3-2-4-15(14)27-18(16)24-19/h9-11,13,26H,2-8H2,1H3,(H2,21,22,23,24)/t11-,13-. The highest BCUT2D eigenvalue weighted by molar-refractivity contribution is 7.19. The van der Waals surface area contributed by atoms with Crippen molar-refractivity contribution in [3.8, 4) is 0 Å². The summed E-state index contributed by atoms with van der Waals surface area (Å²) in [6, 6.07) is 0.356. The summed E-state index contributed by atoms with van der Waals surface area (Å²) in [5.41, 5.74) is 2.31. The zero-order valence-electron chi connectivity index (χ0n) is 15.4. The number of thiophene rings is 1. The minimum atomic E-state index is -0.151. The molecule has 1 saturated carbocycles. The van der Waals surface area contributed by atoms with E-state index in [2.05, 4.69) is 15.7 Å². The lowest BCUT2D eigenvalue weighted by molar-refractivity contribution is 0.126. The van der Waals surface area contributed by atoms with Crippen LogP contribution in [0.4, 0.5) is 17.5 Å². The molecule has 142 valence electrons. The average Bonchev–Trinajstić information content (AvgIpc) is 3.33. The van der Waals surface area contributed by atoms with Gasteiger partial charge in [-0.3, -0.25) is 4.68 Å². The van der Waals surface area contributed by atoms with Gasteiger partial charge in [0, 0.05) is 24.2 Å². The first kappa shape index (κ1) is 16.9. The molecule has 7 nitrogen and oxygen atoms in total. The maximum atomic E-state index is 9.80. The van der Waals surface area contributed by atoms with E-state index in [9.17, 15) is 5.11 Å². The van der Waals surface area contributed by atoms with Crippen molar-refractivity contribution in [2.24, 2.45) is 7.05 Å². The van der Waals surface area contributed by atoms with Crippen molar-refractivity contribution in [2.45, 2.75) is 57.1 Å². The van der Waals surface area contributed by atoms with Crippen LogP contribution in [-0.2, 0) is 19.9 Å². The number of nitrogens with zero attached hydrogens (tertiary/aromatic N) is 4. The van der Waals surface area contributed by atoms with Crippen LogP contribution in [0.2, 0.25) is 0 Å². The monoisotopic (exact) mass is 384 g/mol. The first-order valence-corrected chi connectivity index (χ1v) is 10.5. The lowest BCUT2D eigenvalue weighted by Crippen LogP contribution is -2.28. The molecule has 3 aromatic rings. The Kier molecular flexibility index (Phi) is 4.24. The van der Waals surface area contributed by atoms with Crippen molar-refractivity contribution in [2.75, 3.05) is 10.6 Å². The van der Waals surface area contributed by atoms with Crippen LogP contribution in [-0.4, -0.2) is 37.0 Å². The normalized spacial score (nSPS) is 22.1. The molecule has 0 unspecified atom stereocenters. The quantitative estimate of drug-likeness (QED) is 0.639. The lowest BCUT2D eigenvalue weighted by atomic mass is 9.93. The van der Waals surface area contributed by atoms with Crippen LogP contribution in [0.5, 0.6) is 0 Å². The molecule has 0 aromatic carbocycles. The Morgan fingerprint density at radius 3 is 2.81 bits per heavy atom. The number of aryl methyl sites for hydroxylation is 3. The summed E-state index contributed by atoms with van der Waals surface area (Å²) in [6.07, 6.45) is 10.7. The summed E-state index contributed by atoms with van der Waals surface area (Å²) in [5, 5.41) is 22.2. The van der Waals surface area contributed by atoms with Gasteiger partial charge in [0.25, 0.3) is 0 Å². The van der Waals surface area contributed by atoms with Gasteiger partial charge in [0.2, 0.25) is 5.95 Å². The Hall–Kier alpha value is -2.19. The van der Waals surface area contributed by atoms with Gasteiger partial charge in [-0.25, -0.2) is 4.98 Å². The molecule has 0 radical (unpaired) electrons. The van der Waals surface area contributed by atoms with Gasteiger partial charge in [-0.15, -0.1) is 11.3 Å². The SMILES string of the molecule is Cn1cc(Nc2nc(N[C@H]3CC[C@H](O)CC3)c3c4c(sc3n2)CCC4)cn1.